The van der Waals surface area contributed by atoms with Crippen molar-refractivity contribution >= 4 is 27.4 Å². The van der Waals surface area contributed by atoms with Crippen molar-refractivity contribution in [1.82, 2.24) is 4.98 Å². The molecule has 0 bridgehead atoms. The van der Waals surface area contributed by atoms with Gasteiger partial charge in [0, 0.05) is 17.7 Å². The number of hydrogen-bond acceptors (Lipinski definition) is 3. The molecule has 0 atom stereocenters. The van der Waals surface area contributed by atoms with Gasteiger partial charge in [-0.2, -0.15) is 0 Å². The van der Waals surface area contributed by atoms with Gasteiger partial charge < -0.3 is 11.1 Å². The summed E-state index contributed by atoms with van der Waals surface area (Å²) in [5, 5.41) is 2.87. The lowest BCUT2D eigenvalue weighted by molar-refractivity contribution is 1.28. The number of nitrogens with zero attached hydrogens (tertiary/aromatic N) is 1. The number of anilines is 2. The Morgan fingerprint density at radius 2 is 2.40 bits per heavy atom. The first kappa shape index (κ1) is 7.34. The van der Waals surface area contributed by atoms with Gasteiger partial charge in [0.05, 0.1) is 5.69 Å². The number of nitrogens with two attached hydrogens (primary N) is 1. The molecule has 3 N–H and O–H groups in total. The zero-order valence-electron chi connectivity index (χ0n) is 5.56. The molecule has 1 aromatic heterocycles. The van der Waals surface area contributed by atoms with E-state index in [-0.39, 0.29) is 0 Å². The van der Waals surface area contributed by atoms with Crippen LogP contribution in [0.4, 0.5) is 11.5 Å². The highest BCUT2D eigenvalue weighted by molar-refractivity contribution is 9.10. The third kappa shape index (κ3) is 1.39. The molecular weight excluding hydrogens is 194 g/mol. The molecule has 0 radical (unpaired) electrons. The number of hydrogen-bond donors (Lipinski definition) is 2. The number of rotatable bonds is 1. The highest BCUT2D eigenvalue weighted by atomic mass is 79.9. The van der Waals surface area contributed by atoms with Crippen LogP contribution in [0.2, 0.25) is 0 Å². The first-order chi connectivity index (χ1) is 4.74. The first-order valence-electron chi connectivity index (χ1n) is 2.83. The van der Waals surface area contributed by atoms with E-state index in [1.165, 1.54) is 0 Å². The predicted octanol–water partition coefficient (Wildman–Crippen LogP) is 1.47. The van der Waals surface area contributed by atoms with E-state index in [4.69, 9.17) is 5.73 Å². The molecule has 1 rings (SSSR count). The summed E-state index contributed by atoms with van der Waals surface area (Å²) in [7, 11) is 1.78. The van der Waals surface area contributed by atoms with E-state index in [9.17, 15) is 0 Å². The molecule has 10 heavy (non-hydrogen) atoms. The van der Waals surface area contributed by atoms with Crippen LogP contribution in [0.1, 0.15) is 0 Å². The van der Waals surface area contributed by atoms with Gasteiger partial charge in [-0.05, 0) is 22.0 Å². The minimum Gasteiger partial charge on any atom is -0.396 e. The summed E-state index contributed by atoms with van der Waals surface area (Å²) in [6.45, 7) is 0. The summed E-state index contributed by atoms with van der Waals surface area (Å²) in [6, 6.07) is 1.80. The molecule has 0 saturated carbocycles. The van der Waals surface area contributed by atoms with Gasteiger partial charge in [0.25, 0.3) is 0 Å². The van der Waals surface area contributed by atoms with E-state index < -0.39 is 0 Å². The highest BCUT2D eigenvalue weighted by Crippen LogP contribution is 2.18. The van der Waals surface area contributed by atoms with Crippen LogP contribution >= 0.6 is 15.9 Å². The lowest BCUT2D eigenvalue weighted by atomic mass is 10.4. The summed E-state index contributed by atoms with van der Waals surface area (Å²) >= 11 is 3.26. The number of pyridine rings is 1. The predicted molar refractivity (Wildman–Crippen MR) is 45.9 cm³/mol. The van der Waals surface area contributed by atoms with Crippen molar-refractivity contribution in [3.05, 3.63) is 16.7 Å². The number of nitrogens with one attached hydrogen (secondary N) is 1. The maximum Gasteiger partial charge on any atom is 0.148 e. The zero-order valence-corrected chi connectivity index (χ0v) is 7.14. The van der Waals surface area contributed by atoms with Gasteiger partial charge in [0.1, 0.15) is 5.82 Å². The molecule has 3 nitrogen and oxygen atoms in total. The topological polar surface area (TPSA) is 50.9 Å². The Hall–Kier alpha value is -0.770. The van der Waals surface area contributed by atoms with Gasteiger partial charge in [-0.25, -0.2) is 4.98 Å². The molecular formula is C6H8BrN3. The maximum atomic E-state index is 5.58. The second-order valence-electron chi connectivity index (χ2n) is 1.84. The van der Waals surface area contributed by atoms with Crippen molar-refractivity contribution in [2.75, 3.05) is 18.1 Å². The normalized spacial score (nSPS) is 9.40. The summed E-state index contributed by atoms with van der Waals surface area (Å²) in [6.07, 6.45) is 1.70. The van der Waals surface area contributed by atoms with Gasteiger partial charge in [0.15, 0.2) is 0 Å². The van der Waals surface area contributed by atoms with E-state index in [2.05, 4.69) is 26.2 Å². The van der Waals surface area contributed by atoms with Crippen LogP contribution in [0, 0.1) is 0 Å². The minimum absolute atomic E-state index is 0.650. The van der Waals surface area contributed by atoms with Crippen molar-refractivity contribution in [2.24, 2.45) is 0 Å². The zero-order chi connectivity index (χ0) is 7.56. The van der Waals surface area contributed by atoms with Crippen LogP contribution in [0.25, 0.3) is 0 Å². The van der Waals surface area contributed by atoms with E-state index in [0.717, 1.165) is 4.47 Å². The first-order valence-corrected chi connectivity index (χ1v) is 3.62. The van der Waals surface area contributed by atoms with Crippen molar-refractivity contribution < 1.29 is 0 Å². The summed E-state index contributed by atoms with van der Waals surface area (Å²) in [5.74, 6) is 0.711. The molecule has 1 aromatic rings. The fourth-order valence-electron chi connectivity index (χ4n) is 0.664. The molecule has 1 heterocycles. The number of aromatic nitrogens is 1. The van der Waals surface area contributed by atoms with Crippen molar-refractivity contribution in [3.63, 3.8) is 0 Å². The van der Waals surface area contributed by atoms with Crippen LogP contribution in [-0.2, 0) is 0 Å². The standard InChI is InChI=1S/C6H8BrN3/c1-9-6-5(8)2-4(7)3-10-6/h2-3H,8H2,1H3,(H,9,10). The van der Waals surface area contributed by atoms with Gasteiger partial charge >= 0.3 is 0 Å². The quantitative estimate of drug-likeness (QED) is 0.724. The van der Waals surface area contributed by atoms with Gasteiger partial charge in [0.2, 0.25) is 0 Å². The Morgan fingerprint density at radius 1 is 1.70 bits per heavy atom. The summed E-state index contributed by atoms with van der Waals surface area (Å²) in [5.41, 5.74) is 6.23. The monoisotopic (exact) mass is 201 g/mol. The number of halogens is 1. The summed E-state index contributed by atoms with van der Waals surface area (Å²) in [4.78, 5) is 4.01. The van der Waals surface area contributed by atoms with Crippen LogP contribution < -0.4 is 11.1 Å². The van der Waals surface area contributed by atoms with E-state index >= 15 is 0 Å². The van der Waals surface area contributed by atoms with Crippen LogP contribution in [-0.4, -0.2) is 12.0 Å². The van der Waals surface area contributed by atoms with Crippen LogP contribution in [0.15, 0.2) is 16.7 Å². The van der Waals surface area contributed by atoms with E-state index in [1.807, 2.05) is 0 Å². The Morgan fingerprint density at radius 3 is 2.90 bits per heavy atom. The SMILES string of the molecule is CNc1ncc(Br)cc1N. The molecule has 0 unspecified atom stereocenters. The second-order valence-corrected chi connectivity index (χ2v) is 2.76. The van der Waals surface area contributed by atoms with Crippen molar-refractivity contribution in [3.8, 4) is 0 Å². The maximum absolute atomic E-state index is 5.58. The van der Waals surface area contributed by atoms with Crippen molar-refractivity contribution in [2.45, 2.75) is 0 Å². The van der Waals surface area contributed by atoms with Crippen LogP contribution in [0.5, 0.6) is 0 Å². The average molecular weight is 202 g/mol. The molecule has 0 fully saturated rings. The highest BCUT2D eigenvalue weighted by Gasteiger charge is 1.96. The average Bonchev–Trinajstić information content (AvgIpc) is 1.88. The second kappa shape index (κ2) is 2.88. The smallest absolute Gasteiger partial charge is 0.148 e. The van der Waals surface area contributed by atoms with E-state index in [0.29, 0.717) is 11.5 Å². The molecule has 0 amide bonds. The lowest BCUT2D eigenvalue weighted by Crippen LogP contribution is -1.97. The molecule has 0 aliphatic heterocycles. The Balaban J connectivity index is 3.07. The molecule has 0 aliphatic rings. The largest absolute Gasteiger partial charge is 0.396 e. The number of nitrogen functional groups attached to an aromatic ring is 1. The lowest BCUT2D eigenvalue weighted by Gasteiger charge is -2.01. The molecule has 0 aliphatic carbocycles. The third-order valence-corrected chi connectivity index (χ3v) is 1.55. The van der Waals surface area contributed by atoms with Crippen molar-refractivity contribution in [1.29, 1.82) is 0 Å². The minimum atomic E-state index is 0.650. The van der Waals surface area contributed by atoms with Gasteiger partial charge in [-0.15, -0.1) is 0 Å². The molecule has 54 valence electrons. The molecule has 0 spiro atoms. The fraction of sp³-hybridized carbons (Fsp3) is 0.167. The molecule has 0 aromatic carbocycles. The Bertz CT molecular complexity index is 236. The summed E-state index contributed by atoms with van der Waals surface area (Å²) < 4.78 is 0.893. The van der Waals surface area contributed by atoms with Gasteiger partial charge in [-0.1, -0.05) is 0 Å². The molecule has 0 saturated heterocycles. The Kier molecular flexibility index (Phi) is 2.11. The Labute approximate surface area is 67.8 Å². The van der Waals surface area contributed by atoms with Crippen LogP contribution in [0.3, 0.4) is 0 Å². The van der Waals surface area contributed by atoms with E-state index in [1.54, 1.807) is 19.3 Å². The molecule has 4 heteroatoms. The fourth-order valence-corrected chi connectivity index (χ4v) is 1.01. The van der Waals surface area contributed by atoms with Gasteiger partial charge in [-0.3, -0.25) is 0 Å². The third-order valence-electron chi connectivity index (χ3n) is 1.12.